The van der Waals surface area contributed by atoms with Gasteiger partial charge >= 0.3 is 0 Å². The molecule has 0 radical (unpaired) electrons. The highest BCUT2D eigenvalue weighted by atomic mass is 14.3. The van der Waals surface area contributed by atoms with Gasteiger partial charge in [-0.15, -0.1) is 0 Å². The summed E-state index contributed by atoms with van der Waals surface area (Å²) >= 11 is 0. The van der Waals surface area contributed by atoms with Crippen LogP contribution >= 0.6 is 0 Å². The fourth-order valence-corrected chi connectivity index (χ4v) is 0.995. The summed E-state index contributed by atoms with van der Waals surface area (Å²) in [5.41, 5.74) is 1.21. The molecule has 0 spiro atoms. The molecule has 0 aromatic carbocycles. The number of unbranched alkanes of at least 4 members (excludes halogenated alkanes) is 1. The first-order chi connectivity index (χ1) is 5.70. The van der Waals surface area contributed by atoms with E-state index in [0.717, 1.165) is 12.8 Å². The Balaban J connectivity index is 3.73. The summed E-state index contributed by atoms with van der Waals surface area (Å²) in [6, 6.07) is 4.26. The minimum absolute atomic E-state index is 0.0864. The molecule has 0 aliphatic heterocycles. The maximum Gasteiger partial charge on any atom is 0.0656 e. The van der Waals surface area contributed by atoms with Gasteiger partial charge in [0.25, 0.3) is 0 Å². The molecule has 0 saturated carbocycles. The van der Waals surface area contributed by atoms with Crippen LogP contribution in [-0.4, -0.2) is 0 Å². The Morgan fingerprint density at radius 1 is 1.50 bits per heavy atom. The highest BCUT2D eigenvalue weighted by Gasteiger charge is 1.99. The monoisotopic (exact) mass is 162 g/mol. The van der Waals surface area contributed by atoms with Gasteiger partial charge in [-0.05, 0) is 26.7 Å². The molecule has 0 rings (SSSR count). The van der Waals surface area contributed by atoms with Gasteiger partial charge in [0.2, 0.25) is 0 Å². The molecule has 1 atom stereocenters. The maximum absolute atomic E-state index is 8.53. The Kier molecular flexibility index (Phi) is 5.75. The molecule has 0 fully saturated rings. The Labute approximate surface area is 74.1 Å². The summed E-state index contributed by atoms with van der Waals surface area (Å²) in [5, 5.41) is 16.8. The quantitative estimate of drug-likeness (QED) is 0.471. The van der Waals surface area contributed by atoms with Crippen LogP contribution in [0.4, 0.5) is 0 Å². The number of hydrogen-bond acceptors (Lipinski definition) is 2. The molecular formula is C10H14N2. The van der Waals surface area contributed by atoms with E-state index in [0.29, 0.717) is 6.42 Å². The van der Waals surface area contributed by atoms with E-state index in [2.05, 4.69) is 12.1 Å². The molecule has 2 nitrogen and oxygen atoms in total. The second-order valence-corrected chi connectivity index (χ2v) is 2.98. The van der Waals surface area contributed by atoms with Crippen molar-refractivity contribution in [1.82, 2.24) is 0 Å². The molecule has 0 N–H and O–H groups in total. The van der Waals surface area contributed by atoms with E-state index in [1.165, 1.54) is 5.57 Å². The fraction of sp³-hybridized carbons (Fsp3) is 0.600. The van der Waals surface area contributed by atoms with Crippen LogP contribution in [0.25, 0.3) is 0 Å². The Hall–Kier alpha value is -1.28. The molecule has 0 aromatic heterocycles. The van der Waals surface area contributed by atoms with E-state index in [1.54, 1.807) is 0 Å². The number of nitriles is 2. The van der Waals surface area contributed by atoms with Crippen LogP contribution in [0, 0.1) is 28.6 Å². The van der Waals surface area contributed by atoms with Crippen molar-refractivity contribution in [2.24, 2.45) is 5.92 Å². The van der Waals surface area contributed by atoms with Gasteiger partial charge in [0.1, 0.15) is 0 Å². The summed E-state index contributed by atoms with van der Waals surface area (Å²) in [6.07, 6.45) is 4.23. The Bertz CT molecular complexity index is 227. The third kappa shape index (κ3) is 5.50. The number of allylic oxidation sites excluding steroid dienone is 2. The summed E-state index contributed by atoms with van der Waals surface area (Å²) in [5.74, 6) is 0.0864. The molecule has 2 heteroatoms. The highest BCUT2D eigenvalue weighted by molar-refractivity contribution is 5.02. The summed E-state index contributed by atoms with van der Waals surface area (Å²) < 4.78 is 0. The molecule has 0 saturated heterocycles. The summed E-state index contributed by atoms with van der Waals surface area (Å²) in [6.45, 7) is 3.91. The number of rotatable bonds is 4. The molecular weight excluding hydrogens is 148 g/mol. The predicted octanol–water partition coefficient (Wildman–Crippen LogP) is 2.79. The average Bonchev–Trinajstić information content (AvgIpc) is 2.05. The Morgan fingerprint density at radius 3 is 2.67 bits per heavy atom. The van der Waals surface area contributed by atoms with Gasteiger partial charge in [0.05, 0.1) is 12.1 Å². The van der Waals surface area contributed by atoms with Crippen molar-refractivity contribution in [3.05, 3.63) is 11.6 Å². The van der Waals surface area contributed by atoms with Crippen molar-refractivity contribution >= 4 is 0 Å². The molecule has 12 heavy (non-hydrogen) atoms. The van der Waals surface area contributed by atoms with Gasteiger partial charge in [-0.25, -0.2) is 0 Å². The third-order valence-electron chi connectivity index (χ3n) is 1.60. The molecule has 0 aliphatic rings. The van der Waals surface area contributed by atoms with Crippen molar-refractivity contribution in [3.63, 3.8) is 0 Å². The zero-order valence-corrected chi connectivity index (χ0v) is 7.67. The van der Waals surface area contributed by atoms with Crippen molar-refractivity contribution in [3.8, 4) is 12.1 Å². The van der Waals surface area contributed by atoms with Gasteiger partial charge in [-0.3, -0.25) is 0 Å². The number of hydrogen-bond donors (Lipinski definition) is 0. The maximum atomic E-state index is 8.53. The van der Waals surface area contributed by atoms with Crippen LogP contribution in [0.5, 0.6) is 0 Å². The van der Waals surface area contributed by atoms with Crippen LogP contribution in [0.2, 0.25) is 0 Å². The topological polar surface area (TPSA) is 47.6 Å². The second kappa shape index (κ2) is 6.43. The SMILES string of the molecule is C/C(=C\CCC#N)CC(C)C#N. The van der Waals surface area contributed by atoms with E-state index in [4.69, 9.17) is 10.5 Å². The van der Waals surface area contributed by atoms with Crippen LogP contribution in [0.15, 0.2) is 11.6 Å². The third-order valence-corrected chi connectivity index (χ3v) is 1.60. The molecule has 0 heterocycles. The van der Waals surface area contributed by atoms with E-state index in [1.807, 2.05) is 19.9 Å². The highest BCUT2D eigenvalue weighted by Crippen LogP contribution is 2.10. The summed E-state index contributed by atoms with van der Waals surface area (Å²) in [7, 11) is 0. The van der Waals surface area contributed by atoms with Gasteiger partial charge in [0.15, 0.2) is 0 Å². The largest absolute Gasteiger partial charge is 0.198 e. The lowest BCUT2D eigenvalue weighted by atomic mass is 10.0. The number of nitrogens with zero attached hydrogens (tertiary/aromatic N) is 2. The van der Waals surface area contributed by atoms with Crippen molar-refractivity contribution < 1.29 is 0 Å². The zero-order valence-electron chi connectivity index (χ0n) is 7.67. The molecule has 64 valence electrons. The average molecular weight is 162 g/mol. The van der Waals surface area contributed by atoms with Crippen molar-refractivity contribution in [1.29, 1.82) is 10.5 Å². The molecule has 0 amide bonds. The molecule has 0 aromatic rings. The minimum atomic E-state index is 0.0864. The first-order valence-electron chi connectivity index (χ1n) is 4.13. The minimum Gasteiger partial charge on any atom is -0.198 e. The van der Waals surface area contributed by atoms with Gasteiger partial charge in [-0.1, -0.05) is 11.6 Å². The lowest BCUT2D eigenvalue weighted by molar-refractivity contribution is 0.727. The summed E-state index contributed by atoms with van der Waals surface area (Å²) in [4.78, 5) is 0. The standard InChI is InChI=1S/C10H14N2/c1-9(5-3-4-6-11)7-10(2)8-12/h5,10H,3-4,7H2,1-2H3/b9-5+. The lowest BCUT2D eigenvalue weighted by Gasteiger charge is -2.01. The fourth-order valence-electron chi connectivity index (χ4n) is 0.995. The van der Waals surface area contributed by atoms with E-state index in [9.17, 15) is 0 Å². The van der Waals surface area contributed by atoms with Crippen LogP contribution in [0.3, 0.4) is 0 Å². The van der Waals surface area contributed by atoms with Gasteiger partial charge in [-0.2, -0.15) is 10.5 Å². The molecule has 0 aliphatic carbocycles. The molecule has 1 unspecified atom stereocenters. The van der Waals surface area contributed by atoms with Gasteiger partial charge in [0, 0.05) is 12.3 Å². The van der Waals surface area contributed by atoms with Crippen LogP contribution in [-0.2, 0) is 0 Å². The van der Waals surface area contributed by atoms with E-state index >= 15 is 0 Å². The Morgan fingerprint density at radius 2 is 2.17 bits per heavy atom. The smallest absolute Gasteiger partial charge is 0.0656 e. The zero-order chi connectivity index (χ0) is 9.40. The first-order valence-corrected chi connectivity index (χ1v) is 4.13. The van der Waals surface area contributed by atoms with E-state index in [-0.39, 0.29) is 5.92 Å². The molecule has 0 bridgehead atoms. The van der Waals surface area contributed by atoms with Crippen molar-refractivity contribution in [2.75, 3.05) is 0 Å². The van der Waals surface area contributed by atoms with E-state index < -0.39 is 0 Å². The van der Waals surface area contributed by atoms with Crippen molar-refractivity contribution in [2.45, 2.75) is 33.1 Å². The van der Waals surface area contributed by atoms with Crippen LogP contribution < -0.4 is 0 Å². The van der Waals surface area contributed by atoms with Crippen LogP contribution in [0.1, 0.15) is 33.1 Å². The predicted molar refractivity (Wildman–Crippen MR) is 48.0 cm³/mol. The first kappa shape index (κ1) is 10.7. The van der Waals surface area contributed by atoms with Gasteiger partial charge < -0.3 is 0 Å². The normalized spacial score (nSPS) is 13.2. The second-order valence-electron chi connectivity index (χ2n) is 2.98. The lowest BCUT2D eigenvalue weighted by Crippen LogP contribution is -1.90.